The van der Waals surface area contributed by atoms with Crippen LogP contribution >= 0.6 is 11.3 Å². The average molecular weight is 347 g/mol. The maximum atomic E-state index is 5.88. The summed E-state index contributed by atoms with van der Waals surface area (Å²) in [6.45, 7) is 6.57. The quantitative estimate of drug-likeness (QED) is 0.834. The molecule has 24 heavy (non-hydrogen) atoms. The molecule has 6 heteroatoms. The molecule has 5 nitrogen and oxygen atoms in total. The minimum absolute atomic E-state index is 0.260. The summed E-state index contributed by atoms with van der Waals surface area (Å²) in [5.74, 6) is 1.65. The summed E-state index contributed by atoms with van der Waals surface area (Å²) in [4.78, 5) is 7.13. The minimum atomic E-state index is 0.260. The molecule has 2 aromatic rings. The Morgan fingerprint density at radius 3 is 2.71 bits per heavy atom. The fraction of sp³-hybridized carbons (Fsp3) is 0.500. The highest BCUT2D eigenvalue weighted by Crippen LogP contribution is 2.29. The number of aromatic nitrogens is 1. The summed E-state index contributed by atoms with van der Waals surface area (Å²) in [7, 11) is 1.66. The molecule has 1 aliphatic heterocycles. The Hall–Kier alpha value is -1.63. The summed E-state index contributed by atoms with van der Waals surface area (Å²) < 4.78 is 10.9. The first-order chi connectivity index (χ1) is 11.6. The van der Waals surface area contributed by atoms with Crippen LogP contribution in [0.1, 0.15) is 24.0 Å². The number of benzene rings is 1. The van der Waals surface area contributed by atoms with Crippen LogP contribution in [0.5, 0.6) is 11.5 Å². The van der Waals surface area contributed by atoms with Crippen LogP contribution in [-0.4, -0.2) is 36.6 Å². The number of thiazole rings is 1. The zero-order valence-electron chi connectivity index (χ0n) is 14.3. The van der Waals surface area contributed by atoms with Crippen LogP contribution < -0.4 is 15.2 Å². The summed E-state index contributed by atoms with van der Waals surface area (Å²) >= 11 is 1.65. The van der Waals surface area contributed by atoms with Crippen LogP contribution in [0.2, 0.25) is 0 Å². The SMILES string of the molecule is COc1ccc(OCc2nc(CN3CCC(C)(CN)C3)cs2)cc1. The smallest absolute Gasteiger partial charge is 0.140 e. The number of methoxy groups -OCH3 is 1. The average Bonchev–Trinajstić information content (AvgIpc) is 3.21. The van der Waals surface area contributed by atoms with Crippen molar-refractivity contribution in [3.8, 4) is 11.5 Å². The molecule has 1 atom stereocenters. The van der Waals surface area contributed by atoms with Gasteiger partial charge < -0.3 is 15.2 Å². The van der Waals surface area contributed by atoms with E-state index in [4.69, 9.17) is 20.2 Å². The molecule has 2 N–H and O–H groups in total. The van der Waals surface area contributed by atoms with Gasteiger partial charge in [-0.1, -0.05) is 6.92 Å². The number of hydrogen-bond donors (Lipinski definition) is 1. The van der Waals surface area contributed by atoms with Gasteiger partial charge in [-0.05, 0) is 49.2 Å². The minimum Gasteiger partial charge on any atom is -0.497 e. The van der Waals surface area contributed by atoms with E-state index in [1.807, 2.05) is 24.3 Å². The number of likely N-dealkylation sites (tertiary alicyclic amines) is 1. The van der Waals surface area contributed by atoms with Gasteiger partial charge in [0.2, 0.25) is 0 Å². The van der Waals surface area contributed by atoms with Gasteiger partial charge in [0.25, 0.3) is 0 Å². The first kappa shape index (κ1) is 17.2. The standard InChI is InChI=1S/C18H25N3O2S/c1-18(12-19)7-8-21(13-18)9-14-11-24-17(20-14)10-23-16-5-3-15(22-2)4-6-16/h3-6,11H,7-10,12-13,19H2,1-2H3. The Balaban J connectivity index is 1.50. The molecule has 1 fully saturated rings. The van der Waals surface area contributed by atoms with Gasteiger partial charge in [-0.25, -0.2) is 4.98 Å². The Labute approximate surface area is 147 Å². The highest BCUT2D eigenvalue weighted by Gasteiger charge is 2.32. The molecule has 0 saturated carbocycles. The third-order valence-electron chi connectivity index (χ3n) is 4.54. The van der Waals surface area contributed by atoms with Crippen molar-refractivity contribution < 1.29 is 9.47 Å². The molecular weight excluding hydrogens is 322 g/mol. The fourth-order valence-electron chi connectivity index (χ4n) is 2.96. The maximum absolute atomic E-state index is 5.88. The Morgan fingerprint density at radius 1 is 1.29 bits per heavy atom. The van der Waals surface area contributed by atoms with Crippen LogP contribution in [0.3, 0.4) is 0 Å². The first-order valence-electron chi connectivity index (χ1n) is 8.23. The van der Waals surface area contributed by atoms with Crippen molar-refractivity contribution in [2.75, 3.05) is 26.7 Å². The Kier molecular flexibility index (Phi) is 5.38. The number of hydrogen-bond acceptors (Lipinski definition) is 6. The van der Waals surface area contributed by atoms with E-state index < -0.39 is 0 Å². The molecule has 0 spiro atoms. The fourth-order valence-corrected chi connectivity index (χ4v) is 3.66. The Bertz CT molecular complexity index is 659. The molecule has 0 amide bonds. The van der Waals surface area contributed by atoms with E-state index >= 15 is 0 Å². The van der Waals surface area contributed by atoms with E-state index in [1.54, 1.807) is 18.4 Å². The zero-order chi connectivity index (χ0) is 17.0. The van der Waals surface area contributed by atoms with Crippen LogP contribution in [0.25, 0.3) is 0 Å². The molecule has 130 valence electrons. The van der Waals surface area contributed by atoms with E-state index in [0.717, 1.165) is 48.4 Å². The summed E-state index contributed by atoms with van der Waals surface area (Å²) in [5, 5.41) is 3.13. The monoisotopic (exact) mass is 347 g/mol. The van der Waals surface area contributed by atoms with Gasteiger partial charge in [0.1, 0.15) is 23.1 Å². The third kappa shape index (κ3) is 4.26. The summed E-state index contributed by atoms with van der Waals surface area (Å²) in [5.41, 5.74) is 7.26. The number of nitrogens with two attached hydrogens (primary N) is 1. The summed E-state index contributed by atoms with van der Waals surface area (Å²) in [6.07, 6.45) is 1.17. The topological polar surface area (TPSA) is 60.6 Å². The lowest BCUT2D eigenvalue weighted by Gasteiger charge is -2.22. The molecule has 1 aliphatic rings. The van der Waals surface area contributed by atoms with Crippen molar-refractivity contribution in [3.05, 3.63) is 40.3 Å². The van der Waals surface area contributed by atoms with Crippen molar-refractivity contribution in [2.45, 2.75) is 26.5 Å². The molecule has 1 aromatic heterocycles. The van der Waals surface area contributed by atoms with Gasteiger partial charge in [0, 0.05) is 18.5 Å². The molecule has 2 heterocycles. The van der Waals surface area contributed by atoms with E-state index in [0.29, 0.717) is 6.61 Å². The van der Waals surface area contributed by atoms with Crippen molar-refractivity contribution in [1.29, 1.82) is 0 Å². The maximum Gasteiger partial charge on any atom is 0.140 e. The second-order valence-electron chi connectivity index (χ2n) is 6.67. The van der Waals surface area contributed by atoms with E-state index in [9.17, 15) is 0 Å². The van der Waals surface area contributed by atoms with Crippen LogP contribution in [0, 0.1) is 5.41 Å². The molecule has 1 unspecified atom stereocenters. The van der Waals surface area contributed by atoms with Gasteiger partial charge in [-0.15, -0.1) is 11.3 Å². The van der Waals surface area contributed by atoms with Gasteiger partial charge in [0.05, 0.1) is 12.8 Å². The normalized spacial score (nSPS) is 21.1. The highest BCUT2D eigenvalue weighted by molar-refractivity contribution is 7.09. The molecule has 0 aliphatic carbocycles. The first-order valence-corrected chi connectivity index (χ1v) is 9.11. The molecule has 1 aromatic carbocycles. The largest absolute Gasteiger partial charge is 0.497 e. The summed E-state index contributed by atoms with van der Waals surface area (Å²) in [6, 6.07) is 7.60. The van der Waals surface area contributed by atoms with Gasteiger partial charge in [-0.3, -0.25) is 4.90 Å². The van der Waals surface area contributed by atoms with Gasteiger partial charge in [0.15, 0.2) is 0 Å². The van der Waals surface area contributed by atoms with Crippen molar-refractivity contribution >= 4 is 11.3 Å². The van der Waals surface area contributed by atoms with Crippen molar-refractivity contribution in [2.24, 2.45) is 11.1 Å². The van der Waals surface area contributed by atoms with E-state index in [1.165, 1.54) is 6.42 Å². The molecular formula is C18H25N3O2S. The van der Waals surface area contributed by atoms with Crippen molar-refractivity contribution in [3.63, 3.8) is 0 Å². The number of ether oxygens (including phenoxy) is 2. The van der Waals surface area contributed by atoms with E-state index in [2.05, 4.69) is 17.2 Å². The lowest BCUT2D eigenvalue weighted by molar-refractivity contribution is 0.271. The van der Waals surface area contributed by atoms with Crippen LogP contribution in [-0.2, 0) is 13.2 Å². The number of rotatable bonds is 7. The second-order valence-corrected chi connectivity index (χ2v) is 7.61. The highest BCUT2D eigenvalue weighted by atomic mass is 32.1. The van der Waals surface area contributed by atoms with Crippen LogP contribution in [0.15, 0.2) is 29.6 Å². The van der Waals surface area contributed by atoms with Gasteiger partial charge in [-0.2, -0.15) is 0 Å². The molecule has 1 saturated heterocycles. The Morgan fingerprint density at radius 2 is 2.04 bits per heavy atom. The second kappa shape index (κ2) is 7.51. The van der Waals surface area contributed by atoms with Gasteiger partial charge >= 0.3 is 0 Å². The third-order valence-corrected chi connectivity index (χ3v) is 5.41. The lowest BCUT2D eigenvalue weighted by atomic mass is 9.90. The predicted octanol–water partition coefficient (Wildman–Crippen LogP) is 2.90. The predicted molar refractivity (Wildman–Crippen MR) is 96.5 cm³/mol. The lowest BCUT2D eigenvalue weighted by Crippen LogP contribution is -2.31. The van der Waals surface area contributed by atoms with Crippen LogP contribution in [0.4, 0.5) is 0 Å². The van der Waals surface area contributed by atoms with E-state index in [-0.39, 0.29) is 5.41 Å². The number of nitrogens with zero attached hydrogens (tertiary/aromatic N) is 2. The molecule has 3 rings (SSSR count). The zero-order valence-corrected chi connectivity index (χ0v) is 15.1. The molecule has 0 radical (unpaired) electrons. The molecule has 0 bridgehead atoms. The van der Waals surface area contributed by atoms with Crippen molar-refractivity contribution in [1.82, 2.24) is 9.88 Å².